The van der Waals surface area contributed by atoms with Gasteiger partial charge in [0.25, 0.3) is 5.91 Å². The molecule has 0 saturated carbocycles. The molecule has 0 saturated heterocycles. The van der Waals surface area contributed by atoms with Crippen LogP contribution in [0.2, 0.25) is 0 Å². The number of amides is 1. The minimum Gasteiger partial charge on any atom is -0.503 e. The Morgan fingerprint density at radius 2 is 1.90 bits per heavy atom. The van der Waals surface area contributed by atoms with Crippen LogP contribution >= 0.6 is 34.4 Å². The number of benzene rings is 2. The molecule has 42 heavy (non-hydrogen) atoms. The van der Waals surface area contributed by atoms with E-state index in [1.165, 1.54) is 44.9 Å². The molecule has 1 amide bonds. The quantitative estimate of drug-likeness (QED) is 0.0706. The third-order valence-electron chi connectivity index (χ3n) is 6.79. The smallest absolute Gasteiger partial charge is 0.296 e. The largest absolute Gasteiger partial charge is 0.503 e. The fourth-order valence-corrected chi connectivity index (χ4v) is 7.09. The van der Waals surface area contributed by atoms with Crippen molar-refractivity contribution in [1.82, 2.24) is 10.2 Å². The third kappa shape index (κ3) is 6.38. The second-order valence-electron chi connectivity index (χ2n) is 9.74. The lowest BCUT2D eigenvalue weighted by atomic mass is 9.95. The average molecular weight is 622 g/mol. The number of aryl methyl sites for hydroxylation is 1. The van der Waals surface area contributed by atoms with Gasteiger partial charge in [0.15, 0.2) is 21.6 Å². The predicted molar refractivity (Wildman–Crippen MR) is 167 cm³/mol. The molecule has 4 aromatic rings. The lowest BCUT2D eigenvalue weighted by molar-refractivity contribution is -0.117. The SMILES string of the molecule is CCCCCOc1ccc(C2C(C(=O)c3cccs3)=C(O)C(=O)N2c2nnc(SCc3ccc(C)cc3)s2)cc1OC. The summed E-state index contributed by atoms with van der Waals surface area (Å²) in [6, 6.07) is 16.1. The Labute approximate surface area is 257 Å². The number of anilines is 1. The van der Waals surface area contributed by atoms with Gasteiger partial charge in [-0.3, -0.25) is 14.5 Å². The summed E-state index contributed by atoms with van der Waals surface area (Å²) in [6.07, 6.45) is 3.06. The van der Waals surface area contributed by atoms with E-state index >= 15 is 0 Å². The summed E-state index contributed by atoms with van der Waals surface area (Å²) in [5.74, 6) is 0.0112. The molecule has 0 bridgehead atoms. The van der Waals surface area contributed by atoms with Gasteiger partial charge in [0.05, 0.1) is 30.2 Å². The number of aromatic nitrogens is 2. The van der Waals surface area contributed by atoms with Crippen LogP contribution in [0.3, 0.4) is 0 Å². The lowest BCUT2D eigenvalue weighted by Crippen LogP contribution is -2.31. The van der Waals surface area contributed by atoms with Crippen LogP contribution < -0.4 is 14.4 Å². The molecule has 2 aromatic carbocycles. The average Bonchev–Trinajstić information content (AvgIpc) is 3.76. The van der Waals surface area contributed by atoms with Crippen molar-refractivity contribution >= 4 is 51.3 Å². The molecule has 3 heterocycles. The molecule has 0 fully saturated rings. The molecule has 218 valence electrons. The first-order valence-corrected chi connectivity index (χ1v) is 16.3. The number of carbonyl (C=O) groups excluding carboxylic acids is 2. The normalized spacial score (nSPS) is 15.0. The Balaban J connectivity index is 1.48. The molecule has 0 spiro atoms. The molecule has 1 N–H and O–H groups in total. The maximum Gasteiger partial charge on any atom is 0.296 e. The summed E-state index contributed by atoms with van der Waals surface area (Å²) < 4.78 is 12.3. The number of ketones is 1. The molecule has 2 aromatic heterocycles. The minimum absolute atomic E-state index is 0.00910. The zero-order chi connectivity index (χ0) is 29.6. The van der Waals surface area contributed by atoms with Crippen LogP contribution in [0, 0.1) is 6.92 Å². The number of nitrogens with zero attached hydrogens (tertiary/aromatic N) is 3. The number of methoxy groups -OCH3 is 1. The fraction of sp³-hybridized carbons (Fsp3) is 0.290. The molecule has 1 aliphatic heterocycles. The van der Waals surface area contributed by atoms with Crippen LogP contribution in [-0.4, -0.2) is 40.7 Å². The van der Waals surface area contributed by atoms with Gasteiger partial charge >= 0.3 is 0 Å². The third-order valence-corrected chi connectivity index (χ3v) is 9.79. The number of carbonyl (C=O) groups is 2. The van der Waals surface area contributed by atoms with Crippen LogP contribution in [0.4, 0.5) is 5.13 Å². The van der Waals surface area contributed by atoms with Crippen molar-refractivity contribution in [3.63, 3.8) is 0 Å². The summed E-state index contributed by atoms with van der Waals surface area (Å²) in [5.41, 5.74) is 2.90. The zero-order valence-corrected chi connectivity index (χ0v) is 26.0. The van der Waals surface area contributed by atoms with Gasteiger partial charge in [-0.15, -0.1) is 21.5 Å². The van der Waals surface area contributed by atoms with Gasteiger partial charge < -0.3 is 14.6 Å². The number of aliphatic hydroxyl groups excluding tert-OH is 1. The van der Waals surface area contributed by atoms with E-state index in [0.29, 0.717) is 38.6 Å². The van der Waals surface area contributed by atoms with E-state index in [0.717, 1.165) is 24.8 Å². The first-order valence-electron chi connectivity index (χ1n) is 13.6. The second-order valence-corrected chi connectivity index (χ2v) is 12.9. The second kappa shape index (κ2) is 13.5. The van der Waals surface area contributed by atoms with Crippen LogP contribution in [0.5, 0.6) is 11.5 Å². The topological polar surface area (TPSA) is 102 Å². The van der Waals surface area contributed by atoms with Crippen molar-refractivity contribution in [2.75, 3.05) is 18.6 Å². The molecule has 1 atom stereocenters. The van der Waals surface area contributed by atoms with Gasteiger partial charge in [-0.2, -0.15) is 0 Å². The van der Waals surface area contributed by atoms with Gasteiger partial charge in [0.2, 0.25) is 10.9 Å². The van der Waals surface area contributed by atoms with Gasteiger partial charge in [-0.1, -0.05) is 84.8 Å². The number of aliphatic hydroxyl groups is 1. The predicted octanol–water partition coefficient (Wildman–Crippen LogP) is 7.56. The number of hydrogen-bond acceptors (Lipinski definition) is 10. The monoisotopic (exact) mass is 621 g/mol. The van der Waals surface area contributed by atoms with E-state index in [2.05, 4.69) is 41.4 Å². The van der Waals surface area contributed by atoms with E-state index in [1.807, 2.05) is 6.92 Å². The highest BCUT2D eigenvalue weighted by molar-refractivity contribution is 8.00. The highest BCUT2D eigenvalue weighted by Crippen LogP contribution is 2.45. The van der Waals surface area contributed by atoms with Crippen molar-refractivity contribution in [2.24, 2.45) is 0 Å². The van der Waals surface area contributed by atoms with Crippen LogP contribution in [0.1, 0.15) is 58.6 Å². The highest BCUT2D eigenvalue weighted by atomic mass is 32.2. The number of thiophene rings is 1. The van der Waals surface area contributed by atoms with E-state index in [4.69, 9.17) is 9.47 Å². The van der Waals surface area contributed by atoms with Crippen molar-refractivity contribution in [1.29, 1.82) is 0 Å². The number of Topliss-reactive ketones (excluding diaryl/α,β-unsaturated/α-hetero) is 1. The first kappa shape index (κ1) is 29.8. The number of thioether (sulfide) groups is 1. The van der Waals surface area contributed by atoms with Gasteiger partial charge in [-0.25, -0.2) is 0 Å². The summed E-state index contributed by atoms with van der Waals surface area (Å²) >= 11 is 4.00. The molecule has 8 nitrogen and oxygen atoms in total. The number of hydrogen-bond donors (Lipinski definition) is 1. The molecule has 11 heteroatoms. The van der Waals surface area contributed by atoms with Gasteiger partial charge in [0, 0.05) is 5.75 Å². The van der Waals surface area contributed by atoms with Crippen molar-refractivity contribution in [3.05, 3.63) is 92.9 Å². The molecular formula is C31H31N3O5S3. The lowest BCUT2D eigenvalue weighted by Gasteiger charge is -2.24. The standard InChI is InChI=1S/C31H31N3O5S3/c1-4-5-6-15-39-22-14-13-21(17-23(22)38-3)26-25(27(35)24-8-7-16-40-24)28(36)29(37)34(26)30-32-33-31(42-30)41-18-20-11-9-19(2)10-12-20/h7-14,16-17,26,36H,4-6,15,18H2,1-3H3. The van der Waals surface area contributed by atoms with Gasteiger partial charge in [0.1, 0.15) is 0 Å². The Morgan fingerprint density at radius 1 is 1.10 bits per heavy atom. The molecular weight excluding hydrogens is 591 g/mol. The maximum atomic E-state index is 13.7. The molecule has 1 aliphatic rings. The summed E-state index contributed by atoms with van der Waals surface area (Å²) in [6.45, 7) is 4.72. The van der Waals surface area contributed by atoms with Crippen LogP contribution in [0.25, 0.3) is 0 Å². The van der Waals surface area contributed by atoms with E-state index in [9.17, 15) is 14.7 Å². The van der Waals surface area contributed by atoms with E-state index < -0.39 is 23.5 Å². The molecule has 5 rings (SSSR count). The van der Waals surface area contributed by atoms with Crippen molar-refractivity contribution in [2.45, 2.75) is 49.2 Å². The van der Waals surface area contributed by atoms with Crippen molar-refractivity contribution in [3.8, 4) is 11.5 Å². The Hall–Kier alpha value is -3.67. The summed E-state index contributed by atoms with van der Waals surface area (Å²) in [7, 11) is 1.54. The van der Waals surface area contributed by atoms with E-state index in [1.54, 1.807) is 42.8 Å². The molecule has 1 unspecified atom stereocenters. The number of unbranched alkanes of at least 4 members (excludes halogenated alkanes) is 2. The number of ether oxygens (including phenoxy) is 2. The Bertz CT molecular complexity index is 1580. The number of rotatable bonds is 13. The summed E-state index contributed by atoms with van der Waals surface area (Å²) in [5, 5.41) is 21.8. The Kier molecular flexibility index (Phi) is 9.61. The highest BCUT2D eigenvalue weighted by Gasteiger charge is 2.46. The molecule has 0 radical (unpaired) electrons. The van der Waals surface area contributed by atoms with Crippen molar-refractivity contribution < 1.29 is 24.2 Å². The van der Waals surface area contributed by atoms with E-state index in [-0.39, 0.29) is 10.7 Å². The van der Waals surface area contributed by atoms with Crippen LogP contribution in [0.15, 0.2) is 75.6 Å². The minimum atomic E-state index is -0.932. The Morgan fingerprint density at radius 3 is 2.62 bits per heavy atom. The summed E-state index contributed by atoms with van der Waals surface area (Å²) in [4.78, 5) is 29.0. The fourth-order valence-electron chi connectivity index (χ4n) is 4.59. The maximum absolute atomic E-state index is 13.7. The first-order chi connectivity index (χ1) is 20.4. The van der Waals surface area contributed by atoms with Crippen LogP contribution in [-0.2, 0) is 10.5 Å². The zero-order valence-electron chi connectivity index (χ0n) is 23.5. The molecule has 0 aliphatic carbocycles. The van der Waals surface area contributed by atoms with Gasteiger partial charge in [-0.05, 0) is 48.1 Å².